The summed E-state index contributed by atoms with van der Waals surface area (Å²) in [5.74, 6) is -0.238. The molecule has 1 aliphatic heterocycles. The highest BCUT2D eigenvalue weighted by Crippen LogP contribution is 2.42. The molecule has 0 bridgehead atoms. The number of amides is 1. The maximum atomic E-state index is 12.4. The summed E-state index contributed by atoms with van der Waals surface area (Å²) in [5, 5.41) is 11.2. The second-order valence-electron chi connectivity index (χ2n) is 5.86. The third-order valence-electron chi connectivity index (χ3n) is 4.19. The van der Waals surface area contributed by atoms with Crippen molar-refractivity contribution in [2.24, 2.45) is 4.99 Å². The van der Waals surface area contributed by atoms with Crippen LogP contribution in [0.2, 0.25) is 0 Å². The van der Waals surface area contributed by atoms with Crippen molar-refractivity contribution in [1.82, 2.24) is 5.06 Å². The van der Waals surface area contributed by atoms with E-state index in [9.17, 15) is 9.90 Å². The molecule has 1 N–H and O–H groups in total. The average molecular weight is 396 g/mol. The van der Waals surface area contributed by atoms with Gasteiger partial charge in [-0.05, 0) is 36.4 Å². The van der Waals surface area contributed by atoms with E-state index in [0.717, 1.165) is 31.6 Å². The van der Waals surface area contributed by atoms with Gasteiger partial charge in [0.15, 0.2) is 5.06 Å². The second-order valence-corrected chi connectivity index (χ2v) is 8.01. The van der Waals surface area contributed by atoms with Crippen LogP contribution in [0.25, 0.3) is 0 Å². The Kier molecular flexibility index (Phi) is 4.73. The number of aromatic hydroxyl groups is 1. The molecule has 0 saturated heterocycles. The minimum Gasteiger partial charge on any atom is -0.499 e. The van der Waals surface area contributed by atoms with Crippen LogP contribution in [0.3, 0.4) is 0 Å². The zero-order valence-electron chi connectivity index (χ0n) is 14.7. The van der Waals surface area contributed by atoms with Gasteiger partial charge in [-0.3, -0.25) is 9.63 Å². The van der Waals surface area contributed by atoms with Crippen LogP contribution in [0, 0.1) is 0 Å². The fraction of sp³-hybridized carbons (Fsp3) is 0.100. The zero-order valence-corrected chi connectivity index (χ0v) is 16.3. The molecular formula is C20H16N2O3S2. The van der Waals surface area contributed by atoms with Gasteiger partial charge < -0.3 is 5.11 Å². The number of hydrogen-bond donors (Lipinski definition) is 1. The van der Waals surface area contributed by atoms with Crippen LogP contribution in [-0.2, 0) is 4.84 Å². The van der Waals surface area contributed by atoms with Crippen LogP contribution in [0.4, 0.5) is 5.69 Å². The van der Waals surface area contributed by atoms with Gasteiger partial charge in [0.1, 0.15) is 0 Å². The van der Waals surface area contributed by atoms with E-state index < -0.39 is 0 Å². The summed E-state index contributed by atoms with van der Waals surface area (Å²) >= 11 is 2.90. The van der Waals surface area contributed by atoms with Crippen LogP contribution in [0.1, 0.15) is 20.8 Å². The van der Waals surface area contributed by atoms with Crippen LogP contribution in [0.15, 0.2) is 69.4 Å². The highest BCUT2D eigenvalue weighted by molar-refractivity contribution is 7.99. The van der Waals surface area contributed by atoms with E-state index in [4.69, 9.17) is 9.83 Å². The Bertz CT molecular complexity index is 1060. The Hall–Kier alpha value is -2.61. The molecule has 1 aliphatic rings. The van der Waals surface area contributed by atoms with Crippen molar-refractivity contribution >= 4 is 40.4 Å². The standard InChI is InChI=1S/C20H16N2O3S2/c1-22(25-2)20(24)12-7-8-16-14(11-12)21-19(17-9-10-18(23)27-17)13-5-3-4-6-15(13)26-16/h3-11,23H,1-2H3. The Morgan fingerprint density at radius 3 is 2.67 bits per heavy atom. The Labute approximate surface area is 164 Å². The first-order valence-electron chi connectivity index (χ1n) is 8.18. The topological polar surface area (TPSA) is 62.1 Å². The van der Waals surface area contributed by atoms with Crippen molar-refractivity contribution in [2.45, 2.75) is 9.79 Å². The fourth-order valence-corrected chi connectivity index (χ4v) is 4.54. The number of hydroxylamine groups is 2. The summed E-state index contributed by atoms with van der Waals surface area (Å²) < 4.78 is 0. The Morgan fingerprint density at radius 2 is 1.93 bits per heavy atom. The molecule has 0 spiro atoms. The number of rotatable bonds is 3. The predicted molar refractivity (Wildman–Crippen MR) is 107 cm³/mol. The third kappa shape index (κ3) is 3.37. The third-order valence-corrected chi connectivity index (χ3v) is 6.22. The SMILES string of the molecule is CON(C)C(=O)c1ccc2c(c1)N=C(c1ccc(O)s1)c1ccccc1S2. The molecule has 1 aromatic heterocycles. The van der Waals surface area contributed by atoms with Gasteiger partial charge in [0, 0.05) is 28.0 Å². The number of benzene rings is 2. The van der Waals surface area contributed by atoms with E-state index >= 15 is 0 Å². The summed E-state index contributed by atoms with van der Waals surface area (Å²) in [6, 6.07) is 17.0. The van der Waals surface area contributed by atoms with Crippen LogP contribution >= 0.6 is 23.1 Å². The lowest BCUT2D eigenvalue weighted by atomic mass is 10.1. The van der Waals surface area contributed by atoms with E-state index in [0.29, 0.717) is 5.56 Å². The number of aliphatic imine (C=N–C) groups is 1. The highest BCUT2D eigenvalue weighted by Gasteiger charge is 2.21. The van der Waals surface area contributed by atoms with Gasteiger partial charge in [0.25, 0.3) is 5.91 Å². The fourth-order valence-electron chi connectivity index (χ4n) is 2.78. The molecule has 7 heteroatoms. The first-order chi connectivity index (χ1) is 13.1. The number of hydrogen-bond acceptors (Lipinski definition) is 6. The first kappa shape index (κ1) is 17.8. The Balaban J connectivity index is 1.88. The number of carbonyl (C=O) groups excluding carboxylic acids is 1. The number of nitrogens with zero attached hydrogens (tertiary/aromatic N) is 2. The summed E-state index contributed by atoms with van der Waals surface area (Å²) in [5.41, 5.74) is 3.01. The van der Waals surface area contributed by atoms with Crippen LogP contribution < -0.4 is 0 Å². The van der Waals surface area contributed by atoms with E-state index in [2.05, 4.69) is 6.07 Å². The largest absolute Gasteiger partial charge is 0.499 e. The van der Waals surface area contributed by atoms with Crippen molar-refractivity contribution in [1.29, 1.82) is 0 Å². The van der Waals surface area contributed by atoms with Crippen molar-refractivity contribution < 1.29 is 14.7 Å². The normalized spacial score (nSPS) is 12.6. The molecule has 2 aromatic carbocycles. The Morgan fingerprint density at radius 1 is 1.11 bits per heavy atom. The van der Waals surface area contributed by atoms with E-state index in [1.807, 2.05) is 30.3 Å². The molecule has 3 aromatic rings. The minimum atomic E-state index is -0.238. The van der Waals surface area contributed by atoms with E-state index in [-0.39, 0.29) is 11.0 Å². The summed E-state index contributed by atoms with van der Waals surface area (Å²) in [7, 11) is 3.02. The molecule has 27 heavy (non-hydrogen) atoms. The lowest BCUT2D eigenvalue weighted by Gasteiger charge is -2.14. The number of carbonyl (C=O) groups is 1. The molecule has 4 rings (SSSR count). The lowest BCUT2D eigenvalue weighted by molar-refractivity contribution is -0.0756. The van der Waals surface area contributed by atoms with Crippen LogP contribution in [-0.4, -0.2) is 35.9 Å². The van der Waals surface area contributed by atoms with Crippen molar-refractivity contribution in [3.63, 3.8) is 0 Å². The van der Waals surface area contributed by atoms with Crippen molar-refractivity contribution in [2.75, 3.05) is 14.2 Å². The molecule has 2 heterocycles. The van der Waals surface area contributed by atoms with Gasteiger partial charge in [0.2, 0.25) is 0 Å². The van der Waals surface area contributed by atoms with Crippen LogP contribution in [0.5, 0.6) is 5.06 Å². The maximum Gasteiger partial charge on any atom is 0.277 e. The first-order valence-corrected chi connectivity index (χ1v) is 9.81. The summed E-state index contributed by atoms with van der Waals surface area (Å²) in [6.45, 7) is 0. The van der Waals surface area contributed by atoms with Gasteiger partial charge in [-0.25, -0.2) is 10.1 Å². The molecule has 0 radical (unpaired) electrons. The monoisotopic (exact) mass is 396 g/mol. The molecule has 0 unspecified atom stereocenters. The second kappa shape index (κ2) is 7.19. The molecule has 1 amide bonds. The van der Waals surface area contributed by atoms with Gasteiger partial charge in [-0.15, -0.1) is 0 Å². The smallest absolute Gasteiger partial charge is 0.277 e. The highest BCUT2D eigenvalue weighted by atomic mass is 32.2. The van der Waals surface area contributed by atoms with E-state index in [1.165, 1.54) is 23.5 Å². The molecule has 0 saturated carbocycles. The molecule has 136 valence electrons. The van der Waals surface area contributed by atoms with Gasteiger partial charge in [-0.2, -0.15) is 0 Å². The molecule has 0 atom stereocenters. The maximum absolute atomic E-state index is 12.4. The summed E-state index contributed by atoms with van der Waals surface area (Å²) in [4.78, 5) is 25.2. The molecule has 5 nitrogen and oxygen atoms in total. The van der Waals surface area contributed by atoms with Crippen molar-refractivity contribution in [3.8, 4) is 5.06 Å². The minimum absolute atomic E-state index is 0.238. The zero-order chi connectivity index (χ0) is 19.0. The number of fused-ring (bicyclic) bond motifs is 2. The van der Waals surface area contributed by atoms with Gasteiger partial charge in [0.05, 0.1) is 23.4 Å². The average Bonchev–Trinajstić information content (AvgIpc) is 3.04. The lowest BCUT2D eigenvalue weighted by Crippen LogP contribution is -2.25. The molecule has 0 fully saturated rings. The number of thiophene rings is 1. The molecule has 0 aliphatic carbocycles. The van der Waals surface area contributed by atoms with Gasteiger partial charge >= 0.3 is 0 Å². The van der Waals surface area contributed by atoms with E-state index in [1.54, 1.807) is 37.0 Å². The van der Waals surface area contributed by atoms with Gasteiger partial charge in [-0.1, -0.05) is 41.3 Å². The predicted octanol–water partition coefficient (Wildman–Crippen LogP) is 4.72. The summed E-state index contributed by atoms with van der Waals surface area (Å²) in [6.07, 6.45) is 0. The van der Waals surface area contributed by atoms with Crippen molar-refractivity contribution in [3.05, 3.63) is 70.6 Å². The molecular weight excluding hydrogens is 380 g/mol. The quantitative estimate of drug-likeness (QED) is 0.509.